The van der Waals surface area contributed by atoms with Crippen LogP contribution in [0.2, 0.25) is 10.0 Å². The fraction of sp³-hybridized carbons (Fsp3) is 0.263. The number of nitrogens with two attached hydrogens (primary N) is 1. The standard InChI is InChI=1S/2C17H16ClN3O.C4H9N3O2.Mg.2H/c2*18-12-5-6-15-13(11-12)17(21-9-7-19-8-10-21)20-14-3-1-2-4-16(14)22-15;1-7(4(5)6)2-3(8)9;;;/h2*1-6,11,19H,7-10H2;2H2,1H3,(H3,5,6)(H,8,9);;;. The molecule has 4 aromatic rings. The monoisotopic (exact) mass is 783 g/mol. The van der Waals surface area contributed by atoms with E-state index < -0.39 is 5.97 Å². The summed E-state index contributed by atoms with van der Waals surface area (Å²) in [5.74, 6) is 3.78. The first-order chi connectivity index (χ1) is 25.7. The van der Waals surface area contributed by atoms with Gasteiger partial charge >= 0.3 is 29.0 Å². The van der Waals surface area contributed by atoms with Gasteiger partial charge in [-0.2, -0.15) is 0 Å². The Labute approximate surface area is 340 Å². The molecule has 6 N–H and O–H groups in total. The second kappa shape index (κ2) is 19.1. The Morgan fingerprint density at radius 1 is 0.759 bits per heavy atom. The van der Waals surface area contributed by atoms with Crippen molar-refractivity contribution in [2.45, 2.75) is 0 Å². The molecule has 4 aliphatic rings. The van der Waals surface area contributed by atoms with Gasteiger partial charge < -0.3 is 45.6 Å². The second-order valence-electron chi connectivity index (χ2n) is 12.4. The first-order valence-corrected chi connectivity index (χ1v) is 17.9. The van der Waals surface area contributed by atoms with Gasteiger partial charge in [-0.25, -0.2) is 9.98 Å². The maximum absolute atomic E-state index is 9.92. The van der Waals surface area contributed by atoms with Crippen LogP contribution in [0.4, 0.5) is 11.4 Å². The summed E-state index contributed by atoms with van der Waals surface area (Å²) in [6.45, 7) is 7.29. The number of hydrogen-bond acceptors (Lipinski definition) is 10. The van der Waals surface area contributed by atoms with Crippen molar-refractivity contribution in [1.29, 1.82) is 5.41 Å². The molecular formula is C38H43Cl2MgN9O4. The third kappa shape index (κ3) is 10.3. The Balaban J connectivity index is 0.000000168. The number of halogens is 2. The summed E-state index contributed by atoms with van der Waals surface area (Å²) in [4.78, 5) is 25.4. The molecule has 0 saturated carbocycles. The number of likely N-dealkylation sites (N-methyl/N-ethyl adjacent to an activating group) is 1. The summed E-state index contributed by atoms with van der Waals surface area (Å²) in [6.07, 6.45) is 0. The zero-order valence-electron chi connectivity index (χ0n) is 29.2. The average Bonchev–Trinajstić information content (AvgIpc) is 3.43. The molecule has 0 unspecified atom stereocenters. The highest BCUT2D eigenvalue weighted by Gasteiger charge is 2.25. The van der Waals surface area contributed by atoms with E-state index in [1.54, 1.807) is 0 Å². The first kappa shape index (κ1) is 40.6. The lowest BCUT2D eigenvalue weighted by atomic mass is 10.1. The number of ether oxygens (including phenoxy) is 2. The van der Waals surface area contributed by atoms with Crippen LogP contribution in [0.1, 0.15) is 11.1 Å². The molecule has 0 aromatic heterocycles. The molecule has 4 heterocycles. The number of para-hydroxylation sites is 4. The number of fused-ring (bicyclic) bond motifs is 4. The minimum Gasteiger partial charge on any atom is -0.480 e. The van der Waals surface area contributed by atoms with Crippen molar-refractivity contribution >= 4 is 81.2 Å². The summed E-state index contributed by atoms with van der Waals surface area (Å²) < 4.78 is 12.1. The van der Waals surface area contributed by atoms with Crippen molar-refractivity contribution in [2.24, 2.45) is 15.7 Å². The van der Waals surface area contributed by atoms with Crippen molar-refractivity contribution < 1.29 is 19.4 Å². The second-order valence-corrected chi connectivity index (χ2v) is 13.3. The van der Waals surface area contributed by atoms with Gasteiger partial charge in [-0.05, 0) is 60.7 Å². The van der Waals surface area contributed by atoms with Crippen LogP contribution in [0.5, 0.6) is 23.0 Å². The number of guanidine groups is 1. The molecule has 0 radical (unpaired) electrons. The number of carbonyl (C=O) groups is 1. The number of amidine groups is 2. The number of carboxylic acid groups (broad SMARTS) is 1. The quantitative estimate of drug-likeness (QED) is 0.108. The summed E-state index contributed by atoms with van der Waals surface area (Å²) >= 11 is 12.4. The molecule has 2 fully saturated rings. The number of rotatable bonds is 2. The van der Waals surface area contributed by atoms with E-state index in [1.807, 2.05) is 84.9 Å². The molecule has 4 aliphatic heterocycles. The highest BCUT2D eigenvalue weighted by Crippen LogP contribution is 2.40. The van der Waals surface area contributed by atoms with Crippen LogP contribution in [-0.2, 0) is 4.79 Å². The van der Waals surface area contributed by atoms with E-state index in [-0.39, 0.29) is 35.6 Å². The summed E-state index contributed by atoms with van der Waals surface area (Å²) in [5.41, 5.74) is 8.53. The van der Waals surface area contributed by atoms with Crippen LogP contribution >= 0.6 is 23.2 Å². The molecular weight excluding hydrogens is 742 g/mol. The predicted octanol–water partition coefficient (Wildman–Crippen LogP) is 4.84. The molecule has 2 saturated heterocycles. The predicted molar refractivity (Wildman–Crippen MR) is 218 cm³/mol. The zero-order valence-corrected chi connectivity index (χ0v) is 30.7. The van der Waals surface area contributed by atoms with Gasteiger partial charge in [0.15, 0.2) is 17.5 Å². The normalized spacial score (nSPS) is 15.2. The van der Waals surface area contributed by atoms with Gasteiger partial charge in [-0.15, -0.1) is 0 Å². The SMILES string of the molecule is CN(CC(=O)O)C(=N)N.Clc1ccc2c(c1)C(N1CCNCC1)=Nc1ccccc1O2.Clc1ccc2c(c1)C(N1CCNCC1)=Nc1ccccc1O2.[MgH2]. The van der Waals surface area contributed by atoms with E-state index in [0.29, 0.717) is 10.0 Å². The van der Waals surface area contributed by atoms with Crippen LogP contribution in [0.15, 0.2) is 94.9 Å². The average molecular weight is 785 g/mol. The van der Waals surface area contributed by atoms with Crippen LogP contribution in [0.25, 0.3) is 0 Å². The van der Waals surface area contributed by atoms with Gasteiger partial charge in [0.05, 0.1) is 11.1 Å². The lowest BCUT2D eigenvalue weighted by Crippen LogP contribution is -2.46. The number of nitrogens with zero attached hydrogens (tertiary/aromatic N) is 5. The van der Waals surface area contributed by atoms with Crippen molar-refractivity contribution in [3.05, 3.63) is 106 Å². The Bertz CT molecular complexity index is 1890. The fourth-order valence-electron chi connectivity index (χ4n) is 5.91. The number of benzene rings is 4. The summed E-state index contributed by atoms with van der Waals surface area (Å²) in [7, 11) is 1.44. The number of hydrogen-bond donors (Lipinski definition) is 5. The number of nitrogens with one attached hydrogen (secondary N) is 3. The molecule has 13 nitrogen and oxygen atoms in total. The molecule has 4 aromatic carbocycles. The van der Waals surface area contributed by atoms with Crippen molar-refractivity contribution in [3.8, 4) is 23.0 Å². The van der Waals surface area contributed by atoms with E-state index in [2.05, 4.69) is 20.4 Å². The molecule has 0 amide bonds. The molecule has 0 aliphatic carbocycles. The molecule has 0 spiro atoms. The lowest BCUT2D eigenvalue weighted by Gasteiger charge is -2.30. The van der Waals surface area contributed by atoms with E-state index >= 15 is 0 Å². The molecule has 8 rings (SSSR count). The van der Waals surface area contributed by atoms with E-state index in [0.717, 1.165) is 114 Å². The smallest absolute Gasteiger partial charge is 0.323 e. The topological polar surface area (TPSA) is 164 Å². The maximum atomic E-state index is 9.92. The Morgan fingerprint density at radius 3 is 1.54 bits per heavy atom. The van der Waals surface area contributed by atoms with Gasteiger partial charge in [0, 0.05) is 69.5 Å². The molecule has 0 atom stereocenters. The number of carboxylic acids is 1. The lowest BCUT2D eigenvalue weighted by molar-refractivity contribution is -0.137. The first-order valence-electron chi connectivity index (χ1n) is 17.2. The number of aliphatic imine (C=N–C) groups is 2. The van der Waals surface area contributed by atoms with Crippen molar-refractivity contribution in [2.75, 3.05) is 66.0 Å². The Hall–Kier alpha value is -4.57. The zero-order chi connectivity index (χ0) is 37.3. The van der Waals surface area contributed by atoms with Crippen molar-refractivity contribution in [1.82, 2.24) is 25.3 Å². The summed E-state index contributed by atoms with van der Waals surface area (Å²) in [6, 6.07) is 27.1. The van der Waals surface area contributed by atoms with Crippen LogP contribution in [0, 0.1) is 5.41 Å². The van der Waals surface area contributed by atoms with Crippen molar-refractivity contribution in [3.63, 3.8) is 0 Å². The molecule has 0 bridgehead atoms. The fourth-order valence-corrected chi connectivity index (χ4v) is 6.26. The van der Waals surface area contributed by atoms with Gasteiger partial charge in [0.2, 0.25) is 0 Å². The third-order valence-corrected chi connectivity index (χ3v) is 9.08. The van der Waals surface area contributed by atoms with Crippen LogP contribution in [-0.4, -0.2) is 132 Å². The molecule has 16 heteroatoms. The molecule has 280 valence electrons. The minimum absolute atomic E-state index is 0. The summed E-state index contributed by atoms with van der Waals surface area (Å²) in [5, 5.41) is 23.0. The third-order valence-electron chi connectivity index (χ3n) is 8.60. The van der Waals surface area contributed by atoms with Crippen LogP contribution < -0.4 is 25.8 Å². The van der Waals surface area contributed by atoms with Gasteiger partial charge in [-0.1, -0.05) is 47.5 Å². The number of piperazine rings is 2. The van der Waals surface area contributed by atoms with Gasteiger partial charge in [0.25, 0.3) is 0 Å². The highest BCUT2D eigenvalue weighted by molar-refractivity contribution is 6.31. The minimum atomic E-state index is -0.993. The number of aliphatic carboxylic acids is 1. The Morgan fingerprint density at radius 2 is 1.17 bits per heavy atom. The highest BCUT2D eigenvalue weighted by atomic mass is 35.5. The Kier molecular flexibility index (Phi) is 14.4. The van der Waals surface area contributed by atoms with Gasteiger partial charge in [-0.3, -0.25) is 10.2 Å². The van der Waals surface area contributed by atoms with Crippen LogP contribution in [0.3, 0.4) is 0 Å². The van der Waals surface area contributed by atoms with E-state index in [4.69, 9.17) is 58.9 Å². The van der Waals surface area contributed by atoms with E-state index in [9.17, 15) is 4.79 Å². The van der Waals surface area contributed by atoms with Gasteiger partial charge in [0.1, 0.15) is 41.1 Å². The van der Waals surface area contributed by atoms with E-state index in [1.165, 1.54) is 7.05 Å². The maximum Gasteiger partial charge on any atom is 0.323 e. The largest absolute Gasteiger partial charge is 0.480 e. The molecule has 54 heavy (non-hydrogen) atoms.